The van der Waals surface area contributed by atoms with Crippen molar-refractivity contribution in [3.63, 3.8) is 0 Å². The molecule has 1 aromatic rings. The average molecular weight is 318 g/mol. The van der Waals surface area contributed by atoms with Crippen molar-refractivity contribution in [1.29, 1.82) is 0 Å². The molecule has 6 nitrogen and oxygen atoms in total. The van der Waals surface area contributed by atoms with Crippen LogP contribution in [0.15, 0.2) is 30.3 Å². The molecule has 22 heavy (non-hydrogen) atoms. The van der Waals surface area contributed by atoms with E-state index in [1.54, 1.807) is 6.07 Å². The van der Waals surface area contributed by atoms with Crippen molar-refractivity contribution in [1.82, 2.24) is 0 Å². The zero-order chi connectivity index (χ0) is 16.8. The van der Waals surface area contributed by atoms with Gasteiger partial charge in [-0.25, -0.2) is 9.59 Å². The van der Waals surface area contributed by atoms with Gasteiger partial charge in [-0.05, 0) is 19.1 Å². The summed E-state index contributed by atoms with van der Waals surface area (Å²) < 4.78 is 36.6. The normalized spacial score (nSPS) is 14.0. The number of carbonyl (C=O) groups is 2. The van der Waals surface area contributed by atoms with Gasteiger partial charge in [-0.1, -0.05) is 18.2 Å². The summed E-state index contributed by atoms with van der Waals surface area (Å²) in [5.74, 6) is -7.42. The van der Waals surface area contributed by atoms with Crippen LogP contribution in [0.1, 0.15) is 17.3 Å². The number of alkyl halides is 2. The summed E-state index contributed by atoms with van der Waals surface area (Å²) in [6.45, 7) is -0.119. The van der Waals surface area contributed by atoms with E-state index in [0.29, 0.717) is 0 Å². The number of aliphatic hydroxyl groups excluding tert-OH is 2. The van der Waals surface area contributed by atoms with Crippen LogP contribution in [0.3, 0.4) is 0 Å². The van der Waals surface area contributed by atoms with Crippen molar-refractivity contribution in [3.8, 4) is 0 Å². The molecular formula is C14H16F2O6. The van der Waals surface area contributed by atoms with Gasteiger partial charge in [0.1, 0.15) is 6.10 Å². The summed E-state index contributed by atoms with van der Waals surface area (Å²) >= 11 is 0. The maximum absolute atomic E-state index is 14.0. The Labute approximate surface area is 125 Å². The van der Waals surface area contributed by atoms with Gasteiger partial charge in [0.05, 0.1) is 18.8 Å². The lowest BCUT2D eigenvalue weighted by Crippen LogP contribution is -2.52. The second kappa shape index (κ2) is 7.81. The molecule has 1 unspecified atom stereocenters. The second-order valence-corrected chi connectivity index (χ2v) is 4.29. The second-order valence-electron chi connectivity index (χ2n) is 4.29. The number of ether oxygens (including phenoxy) is 2. The number of carbonyl (C=O) groups excluding carboxylic acids is 2. The third-order valence-corrected chi connectivity index (χ3v) is 2.68. The van der Waals surface area contributed by atoms with Gasteiger partial charge in [-0.3, -0.25) is 0 Å². The highest BCUT2D eigenvalue weighted by molar-refractivity contribution is 5.90. The summed E-state index contributed by atoms with van der Waals surface area (Å²) in [4.78, 5) is 23.1. The molecular weight excluding hydrogens is 302 g/mol. The van der Waals surface area contributed by atoms with Crippen LogP contribution in [0.25, 0.3) is 0 Å². The lowest BCUT2D eigenvalue weighted by Gasteiger charge is -2.27. The van der Waals surface area contributed by atoms with Crippen LogP contribution in [0.5, 0.6) is 0 Å². The zero-order valence-corrected chi connectivity index (χ0v) is 11.7. The molecule has 0 radical (unpaired) electrons. The zero-order valence-electron chi connectivity index (χ0n) is 11.7. The number of hydrogen-bond acceptors (Lipinski definition) is 6. The molecule has 0 spiro atoms. The number of hydrogen-bond donors (Lipinski definition) is 2. The summed E-state index contributed by atoms with van der Waals surface area (Å²) in [6.07, 6.45) is -4.71. The third-order valence-electron chi connectivity index (χ3n) is 2.68. The molecule has 0 aliphatic carbocycles. The third kappa shape index (κ3) is 4.22. The van der Waals surface area contributed by atoms with Crippen LogP contribution >= 0.6 is 0 Å². The smallest absolute Gasteiger partial charge is 0.381 e. The Hall–Kier alpha value is -2.06. The van der Waals surface area contributed by atoms with Gasteiger partial charge in [0.25, 0.3) is 0 Å². The summed E-state index contributed by atoms with van der Waals surface area (Å²) in [7, 11) is 0. The van der Waals surface area contributed by atoms with E-state index in [4.69, 9.17) is 5.11 Å². The van der Waals surface area contributed by atoms with Crippen molar-refractivity contribution in [3.05, 3.63) is 35.9 Å². The highest BCUT2D eigenvalue weighted by Crippen LogP contribution is 2.27. The molecule has 8 heteroatoms. The predicted octanol–water partition coefficient (Wildman–Crippen LogP) is 0.764. The first-order valence-corrected chi connectivity index (χ1v) is 6.44. The molecule has 2 atom stereocenters. The molecule has 0 bridgehead atoms. The maximum Gasteiger partial charge on any atom is 0.381 e. The van der Waals surface area contributed by atoms with Gasteiger partial charge < -0.3 is 19.7 Å². The van der Waals surface area contributed by atoms with E-state index < -0.39 is 36.7 Å². The summed E-state index contributed by atoms with van der Waals surface area (Å²) in [6, 6.07) is 7.19. The molecule has 0 aromatic heterocycles. The van der Waals surface area contributed by atoms with Crippen molar-refractivity contribution in [2.75, 3.05) is 13.2 Å². The summed E-state index contributed by atoms with van der Waals surface area (Å²) in [5, 5.41) is 18.3. The molecule has 122 valence electrons. The number of rotatable bonds is 7. The molecule has 0 aliphatic rings. The minimum Gasteiger partial charge on any atom is -0.461 e. The fourth-order valence-electron chi connectivity index (χ4n) is 1.59. The van der Waals surface area contributed by atoms with E-state index in [-0.39, 0.29) is 12.2 Å². The highest BCUT2D eigenvalue weighted by atomic mass is 19.3. The van der Waals surface area contributed by atoms with Crippen molar-refractivity contribution in [2.24, 2.45) is 0 Å². The molecule has 0 saturated heterocycles. The Morgan fingerprint density at radius 2 is 1.86 bits per heavy atom. The molecule has 2 N–H and O–H groups in total. The van der Waals surface area contributed by atoms with Gasteiger partial charge in [0, 0.05) is 0 Å². The Balaban J connectivity index is 2.99. The van der Waals surface area contributed by atoms with Crippen LogP contribution in [0, 0.1) is 0 Å². The minimum atomic E-state index is -4.30. The van der Waals surface area contributed by atoms with Crippen LogP contribution < -0.4 is 0 Å². The Morgan fingerprint density at radius 3 is 2.36 bits per heavy atom. The first-order chi connectivity index (χ1) is 10.3. The van der Waals surface area contributed by atoms with Crippen molar-refractivity contribution in [2.45, 2.75) is 25.1 Å². The minimum absolute atomic E-state index is 0.0442. The van der Waals surface area contributed by atoms with Gasteiger partial charge in [-0.2, -0.15) is 8.78 Å². The number of halogens is 2. The van der Waals surface area contributed by atoms with Gasteiger partial charge in [-0.15, -0.1) is 0 Å². The number of benzene rings is 1. The van der Waals surface area contributed by atoms with E-state index in [9.17, 15) is 23.5 Å². The topological polar surface area (TPSA) is 93.1 Å². The largest absolute Gasteiger partial charge is 0.461 e. The van der Waals surface area contributed by atoms with Crippen LogP contribution in [0.4, 0.5) is 8.78 Å². The van der Waals surface area contributed by atoms with Gasteiger partial charge in [0.15, 0.2) is 0 Å². The molecule has 0 aliphatic heterocycles. The average Bonchev–Trinajstić information content (AvgIpc) is 2.52. The molecule has 1 aromatic carbocycles. The molecule has 0 amide bonds. The van der Waals surface area contributed by atoms with Crippen LogP contribution in [-0.4, -0.2) is 53.5 Å². The highest BCUT2D eigenvalue weighted by Gasteiger charge is 2.54. The van der Waals surface area contributed by atoms with Crippen molar-refractivity contribution < 1.29 is 38.1 Å². The van der Waals surface area contributed by atoms with E-state index in [2.05, 4.69) is 9.47 Å². The monoisotopic (exact) mass is 318 g/mol. The fourth-order valence-corrected chi connectivity index (χ4v) is 1.59. The molecule has 1 rings (SSSR count). The van der Waals surface area contributed by atoms with E-state index in [1.807, 2.05) is 0 Å². The lowest BCUT2D eigenvalue weighted by molar-refractivity contribution is -0.202. The predicted molar refractivity (Wildman–Crippen MR) is 70.3 cm³/mol. The van der Waals surface area contributed by atoms with Crippen molar-refractivity contribution >= 4 is 11.9 Å². The fraction of sp³-hybridized carbons (Fsp3) is 0.429. The molecule has 0 fully saturated rings. The van der Waals surface area contributed by atoms with Gasteiger partial charge in [0.2, 0.25) is 6.10 Å². The first-order valence-electron chi connectivity index (χ1n) is 6.44. The maximum atomic E-state index is 14.0. The van der Waals surface area contributed by atoms with E-state index in [1.165, 1.54) is 31.2 Å². The first kappa shape index (κ1) is 18.0. The number of esters is 2. The quantitative estimate of drug-likeness (QED) is 0.721. The van der Waals surface area contributed by atoms with Crippen LogP contribution in [-0.2, 0) is 14.3 Å². The van der Waals surface area contributed by atoms with E-state index in [0.717, 1.165) is 0 Å². The van der Waals surface area contributed by atoms with E-state index >= 15 is 0 Å². The van der Waals surface area contributed by atoms with Gasteiger partial charge >= 0.3 is 17.9 Å². The SMILES string of the molecule is CCOC(=O)C(F)(F)C(OC(=O)c1ccccc1)[C@H](O)CO. The number of aliphatic hydroxyl groups is 2. The Kier molecular flexibility index (Phi) is 6.39. The lowest BCUT2D eigenvalue weighted by atomic mass is 10.1. The Morgan fingerprint density at radius 1 is 1.27 bits per heavy atom. The summed E-state index contributed by atoms with van der Waals surface area (Å²) in [5.41, 5.74) is -0.0442. The standard InChI is InChI=1S/C14H16F2O6/c1-2-21-13(20)14(15,16)11(10(18)8-17)22-12(19)9-6-4-3-5-7-9/h3-7,10-11,17-18H,2,8H2,1H3/t10-,11?/m1/s1. The van der Waals surface area contributed by atoms with Crippen LogP contribution in [0.2, 0.25) is 0 Å². The molecule has 0 saturated carbocycles. The Bertz CT molecular complexity index is 505. The molecule has 0 heterocycles.